The van der Waals surface area contributed by atoms with E-state index in [-0.39, 0.29) is 4.75 Å². The zero-order valence-corrected chi connectivity index (χ0v) is 10.1. The van der Waals surface area contributed by atoms with Crippen LogP contribution in [0.5, 0.6) is 0 Å². The van der Waals surface area contributed by atoms with E-state index in [2.05, 4.69) is 27.7 Å². The van der Waals surface area contributed by atoms with Crippen molar-refractivity contribution >= 4 is 21.6 Å². The second kappa shape index (κ2) is 3.81. The largest absolute Gasteiger partial charge is 0.379 e. The van der Waals surface area contributed by atoms with Crippen LogP contribution in [0.4, 0.5) is 0 Å². The minimum atomic E-state index is 0.272. The summed E-state index contributed by atoms with van der Waals surface area (Å²) in [5, 5.41) is 0.648. The predicted octanol–water partition coefficient (Wildman–Crippen LogP) is 3.20. The summed E-state index contributed by atoms with van der Waals surface area (Å²) in [6.45, 7) is 9.07. The van der Waals surface area contributed by atoms with Crippen LogP contribution in [0.2, 0.25) is 0 Å². The smallest absolute Gasteiger partial charge is 0.0850 e. The summed E-state index contributed by atoms with van der Waals surface area (Å²) < 4.78 is 5.83. The predicted molar refractivity (Wildman–Crippen MR) is 58.7 cm³/mol. The van der Waals surface area contributed by atoms with E-state index in [1.807, 2.05) is 28.7 Å². The van der Waals surface area contributed by atoms with Gasteiger partial charge in [-0.1, -0.05) is 35.4 Å². The summed E-state index contributed by atoms with van der Waals surface area (Å²) >= 11 is 0. The van der Waals surface area contributed by atoms with E-state index < -0.39 is 0 Å². The monoisotopic (exact) mass is 206 g/mol. The van der Waals surface area contributed by atoms with Crippen LogP contribution in [0.25, 0.3) is 0 Å². The Morgan fingerprint density at radius 1 is 1.33 bits per heavy atom. The van der Waals surface area contributed by atoms with Crippen molar-refractivity contribution in [1.29, 1.82) is 0 Å². The summed E-state index contributed by atoms with van der Waals surface area (Å²) in [5.74, 6) is 0.703. The zero-order chi connectivity index (χ0) is 9.35. The van der Waals surface area contributed by atoms with Crippen molar-refractivity contribution in [2.24, 2.45) is 5.92 Å². The topological polar surface area (TPSA) is 9.23 Å². The van der Waals surface area contributed by atoms with E-state index in [1.54, 1.807) is 0 Å². The number of hydrogen-bond acceptors (Lipinski definition) is 3. The molecule has 1 saturated heterocycles. The summed E-state index contributed by atoms with van der Waals surface area (Å²) in [6, 6.07) is 0. The van der Waals surface area contributed by atoms with Crippen molar-refractivity contribution in [1.82, 2.24) is 0 Å². The molecule has 1 heterocycles. The lowest BCUT2D eigenvalue weighted by Gasteiger charge is -2.28. The first kappa shape index (κ1) is 10.7. The van der Waals surface area contributed by atoms with E-state index in [0.717, 1.165) is 0 Å². The molecule has 0 spiro atoms. The minimum absolute atomic E-state index is 0.272. The average molecular weight is 206 g/mol. The highest BCUT2D eigenvalue weighted by molar-refractivity contribution is 8.77. The molecule has 12 heavy (non-hydrogen) atoms. The Hall–Kier alpha value is 0.660. The quantitative estimate of drug-likeness (QED) is 0.642. The molecule has 1 aliphatic heterocycles. The maximum Gasteiger partial charge on any atom is 0.0850 e. The van der Waals surface area contributed by atoms with Gasteiger partial charge in [0.05, 0.1) is 6.10 Å². The summed E-state index contributed by atoms with van der Waals surface area (Å²) in [7, 11) is 5.77. The highest BCUT2D eigenvalue weighted by atomic mass is 33.1. The van der Waals surface area contributed by atoms with Crippen LogP contribution in [0.3, 0.4) is 0 Å². The fourth-order valence-electron chi connectivity index (χ4n) is 1.55. The summed E-state index contributed by atoms with van der Waals surface area (Å²) in [5.41, 5.74) is 0. The fourth-order valence-corrected chi connectivity index (χ4v) is 5.44. The normalized spacial score (nSPS) is 34.5. The first-order chi connectivity index (χ1) is 5.49. The SMILES string of the molecule is COC1C(C(C)C)SSC1(C)C. The Morgan fingerprint density at radius 3 is 2.25 bits per heavy atom. The van der Waals surface area contributed by atoms with Gasteiger partial charge in [-0.3, -0.25) is 0 Å². The Labute approximate surface area is 83.4 Å². The van der Waals surface area contributed by atoms with Gasteiger partial charge in [0.2, 0.25) is 0 Å². The summed E-state index contributed by atoms with van der Waals surface area (Å²) in [6.07, 6.45) is 0.396. The molecule has 0 aromatic carbocycles. The number of hydrogen-bond donors (Lipinski definition) is 0. The van der Waals surface area contributed by atoms with Gasteiger partial charge in [-0.2, -0.15) is 0 Å². The second-order valence-electron chi connectivity index (χ2n) is 4.15. The molecule has 0 saturated carbocycles. The van der Waals surface area contributed by atoms with E-state index in [9.17, 15) is 0 Å². The lowest BCUT2D eigenvalue weighted by molar-refractivity contribution is 0.0698. The van der Waals surface area contributed by atoms with Crippen molar-refractivity contribution in [3.05, 3.63) is 0 Å². The van der Waals surface area contributed by atoms with E-state index in [0.29, 0.717) is 17.3 Å². The van der Waals surface area contributed by atoms with Gasteiger partial charge in [-0.05, 0) is 19.8 Å². The van der Waals surface area contributed by atoms with Crippen molar-refractivity contribution in [2.75, 3.05) is 7.11 Å². The number of ether oxygens (including phenoxy) is 1. The molecule has 0 amide bonds. The molecular weight excluding hydrogens is 188 g/mol. The first-order valence-corrected chi connectivity index (χ1v) is 6.57. The van der Waals surface area contributed by atoms with Gasteiger partial charge in [-0.15, -0.1) is 0 Å². The Morgan fingerprint density at radius 2 is 1.92 bits per heavy atom. The van der Waals surface area contributed by atoms with Crippen LogP contribution in [-0.2, 0) is 4.74 Å². The van der Waals surface area contributed by atoms with Gasteiger partial charge in [0.25, 0.3) is 0 Å². The van der Waals surface area contributed by atoms with Crippen LogP contribution >= 0.6 is 21.6 Å². The van der Waals surface area contributed by atoms with Crippen LogP contribution in [0, 0.1) is 5.92 Å². The molecule has 2 atom stereocenters. The van der Waals surface area contributed by atoms with Crippen LogP contribution < -0.4 is 0 Å². The Kier molecular flexibility index (Phi) is 3.41. The van der Waals surface area contributed by atoms with Gasteiger partial charge in [0.1, 0.15) is 0 Å². The molecule has 1 rings (SSSR count). The van der Waals surface area contributed by atoms with E-state index in [4.69, 9.17) is 4.74 Å². The molecule has 0 aliphatic carbocycles. The van der Waals surface area contributed by atoms with Crippen LogP contribution in [-0.4, -0.2) is 23.2 Å². The van der Waals surface area contributed by atoms with Gasteiger partial charge in [0.15, 0.2) is 0 Å². The lowest BCUT2D eigenvalue weighted by Crippen LogP contribution is -2.38. The standard InChI is InChI=1S/C9H18OS2/c1-6(2)7-8(10-5)9(3,4)12-11-7/h6-8H,1-5H3. The Balaban J connectivity index is 2.69. The zero-order valence-electron chi connectivity index (χ0n) is 8.46. The van der Waals surface area contributed by atoms with Crippen molar-refractivity contribution < 1.29 is 4.74 Å². The third kappa shape index (κ3) is 1.94. The molecule has 0 aromatic heterocycles. The second-order valence-corrected chi connectivity index (χ2v) is 7.18. The molecule has 0 bridgehead atoms. The number of methoxy groups -OCH3 is 1. The molecule has 1 aliphatic rings. The summed E-state index contributed by atoms with van der Waals surface area (Å²) in [4.78, 5) is 0. The van der Waals surface area contributed by atoms with Gasteiger partial charge in [-0.25, -0.2) is 0 Å². The third-order valence-electron chi connectivity index (χ3n) is 2.27. The maximum absolute atomic E-state index is 5.56. The molecule has 72 valence electrons. The molecule has 3 heteroatoms. The molecule has 1 nitrogen and oxygen atoms in total. The molecule has 0 aromatic rings. The van der Waals surface area contributed by atoms with E-state index in [1.165, 1.54) is 0 Å². The minimum Gasteiger partial charge on any atom is -0.379 e. The first-order valence-electron chi connectivity index (χ1n) is 4.36. The lowest BCUT2D eigenvalue weighted by atomic mass is 9.96. The third-order valence-corrected chi connectivity index (χ3v) is 6.28. The van der Waals surface area contributed by atoms with E-state index >= 15 is 0 Å². The fraction of sp³-hybridized carbons (Fsp3) is 1.00. The maximum atomic E-state index is 5.56. The van der Waals surface area contributed by atoms with Crippen molar-refractivity contribution in [3.63, 3.8) is 0 Å². The van der Waals surface area contributed by atoms with Crippen LogP contribution in [0.15, 0.2) is 0 Å². The highest BCUT2D eigenvalue weighted by Crippen LogP contribution is 2.53. The molecule has 2 unspecified atom stereocenters. The Bertz CT molecular complexity index is 157. The van der Waals surface area contributed by atoms with Gasteiger partial charge in [0, 0.05) is 17.1 Å². The number of rotatable bonds is 2. The molecule has 0 N–H and O–H groups in total. The molecular formula is C9H18OS2. The molecule has 0 radical (unpaired) electrons. The van der Waals surface area contributed by atoms with Crippen molar-refractivity contribution in [3.8, 4) is 0 Å². The van der Waals surface area contributed by atoms with Gasteiger partial charge >= 0.3 is 0 Å². The highest BCUT2D eigenvalue weighted by Gasteiger charge is 2.45. The van der Waals surface area contributed by atoms with Crippen molar-refractivity contribution in [2.45, 2.75) is 43.8 Å². The molecule has 1 fully saturated rings. The van der Waals surface area contributed by atoms with Crippen LogP contribution in [0.1, 0.15) is 27.7 Å². The van der Waals surface area contributed by atoms with Gasteiger partial charge < -0.3 is 4.74 Å². The average Bonchev–Trinajstić information content (AvgIpc) is 2.24.